The lowest BCUT2D eigenvalue weighted by Gasteiger charge is -2.14. The minimum absolute atomic E-state index is 0.536. The number of pyridine rings is 1. The van der Waals surface area contributed by atoms with Crippen molar-refractivity contribution in [3.05, 3.63) is 34.2 Å². The summed E-state index contributed by atoms with van der Waals surface area (Å²) in [5.41, 5.74) is 3.15. The average Bonchev–Trinajstić information content (AvgIpc) is 2.43. The van der Waals surface area contributed by atoms with E-state index in [1.807, 2.05) is 12.3 Å². The van der Waals surface area contributed by atoms with Crippen molar-refractivity contribution >= 4 is 21.7 Å². The van der Waals surface area contributed by atoms with Crippen LogP contribution in [0.3, 0.4) is 0 Å². The van der Waals surface area contributed by atoms with Crippen LogP contribution in [0.15, 0.2) is 22.9 Å². The van der Waals surface area contributed by atoms with Gasteiger partial charge in [0.2, 0.25) is 0 Å². The average molecular weight is 349 g/mol. The summed E-state index contributed by atoms with van der Waals surface area (Å²) >= 11 is 3.63. The quantitative estimate of drug-likeness (QED) is 0.877. The van der Waals surface area contributed by atoms with E-state index in [2.05, 4.69) is 58.9 Å². The summed E-state index contributed by atoms with van der Waals surface area (Å²) in [6.45, 7) is 9.32. The fourth-order valence-electron chi connectivity index (χ4n) is 2.12. The summed E-state index contributed by atoms with van der Waals surface area (Å²) in [4.78, 5) is 13.6. The van der Waals surface area contributed by atoms with Crippen molar-refractivity contribution in [3.8, 4) is 11.4 Å². The van der Waals surface area contributed by atoms with Gasteiger partial charge in [-0.05, 0) is 53.7 Å². The van der Waals surface area contributed by atoms with Crippen LogP contribution in [0.2, 0.25) is 0 Å². The molecule has 0 amide bonds. The smallest absolute Gasteiger partial charge is 0.163 e. The van der Waals surface area contributed by atoms with E-state index in [-0.39, 0.29) is 0 Å². The number of nitrogens with zero attached hydrogens (tertiary/aromatic N) is 3. The molecule has 0 spiro atoms. The zero-order chi connectivity index (χ0) is 15.4. The minimum atomic E-state index is 0.536. The predicted octanol–water partition coefficient (Wildman–Crippen LogP) is 4.24. The molecule has 2 rings (SSSR count). The number of rotatable bonds is 5. The van der Waals surface area contributed by atoms with E-state index in [9.17, 15) is 0 Å². The summed E-state index contributed by atoms with van der Waals surface area (Å²) in [6, 6.07) is 1.98. The van der Waals surface area contributed by atoms with Crippen molar-refractivity contribution < 1.29 is 0 Å². The molecule has 4 nitrogen and oxygen atoms in total. The molecular weight excluding hydrogens is 328 g/mol. The molecule has 0 aliphatic carbocycles. The van der Waals surface area contributed by atoms with Crippen LogP contribution in [0, 0.1) is 12.8 Å². The lowest BCUT2D eigenvalue weighted by molar-refractivity contribution is 0.632. The molecule has 2 heterocycles. The highest BCUT2D eigenvalue weighted by atomic mass is 79.9. The van der Waals surface area contributed by atoms with Gasteiger partial charge < -0.3 is 5.32 Å². The molecule has 2 aromatic heterocycles. The number of anilines is 1. The van der Waals surface area contributed by atoms with Crippen LogP contribution in [-0.2, 0) is 6.42 Å². The van der Waals surface area contributed by atoms with Crippen molar-refractivity contribution in [1.82, 2.24) is 15.0 Å². The molecule has 0 aliphatic heterocycles. The largest absolute Gasteiger partial charge is 0.369 e. The molecule has 112 valence electrons. The zero-order valence-corrected chi connectivity index (χ0v) is 14.5. The first-order chi connectivity index (χ1) is 10.0. The van der Waals surface area contributed by atoms with Crippen molar-refractivity contribution in [1.29, 1.82) is 0 Å². The molecule has 0 saturated heterocycles. The number of nitrogens with one attached hydrogen (secondary N) is 1. The molecule has 0 unspecified atom stereocenters. The van der Waals surface area contributed by atoms with E-state index < -0.39 is 0 Å². The molecule has 0 saturated carbocycles. The highest BCUT2D eigenvalue weighted by Gasteiger charge is 2.15. The summed E-state index contributed by atoms with van der Waals surface area (Å²) in [6.07, 6.45) is 4.53. The first-order valence-electron chi connectivity index (χ1n) is 7.24. The Balaban J connectivity index is 2.56. The van der Waals surface area contributed by atoms with Crippen molar-refractivity contribution in [2.24, 2.45) is 5.92 Å². The topological polar surface area (TPSA) is 50.7 Å². The molecule has 0 radical (unpaired) electrons. The van der Waals surface area contributed by atoms with Crippen molar-refractivity contribution in [2.75, 3.05) is 11.9 Å². The summed E-state index contributed by atoms with van der Waals surface area (Å²) in [5.74, 6) is 2.12. The van der Waals surface area contributed by atoms with Crippen LogP contribution >= 0.6 is 15.9 Å². The predicted molar refractivity (Wildman–Crippen MR) is 90.4 cm³/mol. The Bertz CT molecular complexity index is 626. The van der Waals surface area contributed by atoms with Gasteiger partial charge in [0.25, 0.3) is 0 Å². The Morgan fingerprint density at radius 3 is 2.67 bits per heavy atom. The Morgan fingerprint density at radius 1 is 1.29 bits per heavy atom. The third kappa shape index (κ3) is 3.79. The van der Waals surface area contributed by atoms with Crippen LogP contribution in [-0.4, -0.2) is 21.5 Å². The van der Waals surface area contributed by atoms with E-state index in [1.54, 1.807) is 6.20 Å². The fraction of sp³-hybridized carbons (Fsp3) is 0.438. The third-order valence-corrected chi connectivity index (χ3v) is 3.98. The van der Waals surface area contributed by atoms with Gasteiger partial charge in [-0.1, -0.05) is 13.8 Å². The van der Waals surface area contributed by atoms with Gasteiger partial charge in [0, 0.05) is 24.5 Å². The first kappa shape index (κ1) is 15.9. The van der Waals surface area contributed by atoms with Gasteiger partial charge in [-0.15, -0.1) is 0 Å². The Labute approximate surface area is 134 Å². The summed E-state index contributed by atoms with van der Waals surface area (Å²) < 4.78 is 0.961. The van der Waals surface area contributed by atoms with E-state index in [0.29, 0.717) is 5.92 Å². The highest BCUT2D eigenvalue weighted by molar-refractivity contribution is 9.10. The second-order valence-electron chi connectivity index (χ2n) is 5.48. The summed E-state index contributed by atoms with van der Waals surface area (Å²) in [7, 11) is 0. The second kappa shape index (κ2) is 6.98. The lowest BCUT2D eigenvalue weighted by Crippen LogP contribution is -2.08. The second-order valence-corrected chi connectivity index (χ2v) is 6.27. The Kier molecular flexibility index (Phi) is 5.28. The monoisotopic (exact) mass is 348 g/mol. The van der Waals surface area contributed by atoms with Gasteiger partial charge in [-0.25, -0.2) is 9.97 Å². The third-order valence-electron chi connectivity index (χ3n) is 3.15. The minimum Gasteiger partial charge on any atom is -0.369 e. The standard InChI is InChI=1S/C16H21BrN4/c1-5-19-16-14(17)13(8-10(2)3)20-15(21-16)12-9-18-7-6-11(12)4/h6-7,9-10H,5,8H2,1-4H3,(H,19,20,21). The normalized spacial score (nSPS) is 11.0. The maximum Gasteiger partial charge on any atom is 0.163 e. The maximum absolute atomic E-state index is 4.75. The number of halogens is 1. The van der Waals surface area contributed by atoms with Crippen molar-refractivity contribution in [3.63, 3.8) is 0 Å². The Hall–Kier alpha value is -1.49. The molecule has 0 aliphatic rings. The molecule has 1 N–H and O–H groups in total. The number of hydrogen-bond donors (Lipinski definition) is 1. The van der Waals surface area contributed by atoms with E-state index in [1.165, 1.54) is 0 Å². The van der Waals surface area contributed by atoms with Crippen LogP contribution < -0.4 is 5.32 Å². The highest BCUT2D eigenvalue weighted by Crippen LogP contribution is 2.29. The van der Waals surface area contributed by atoms with Gasteiger partial charge in [-0.3, -0.25) is 4.98 Å². The van der Waals surface area contributed by atoms with Crippen LogP contribution in [0.4, 0.5) is 5.82 Å². The number of hydrogen-bond acceptors (Lipinski definition) is 4. The molecule has 21 heavy (non-hydrogen) atoms. The van der Waals surface area contributed by atoms with E-state index in [4.69, 9.17) is 4.98 Å². The molecule has 5 heteroatoms. The van der Waals surface area contributed by atoms with Crippen LogP contribution in [0.5, 0.6) is 0 Å². The SMILES string of the molecule is CCNc1nc(-c2cnccc2C)nc(CC(C)C)c1Br. The van der Waals surface area contributed by atoms with Gasteiger partial charge >= 0.3 is 0 Å². The van der Waals surface area contributed by atoms with E-state index in [0.717, 1.165) is 45.9 Å². The van der Waals surface area contributed by atoms with Crippen molar-refractivity contribution in [2.45, 2.75) is 34.1 Å². The van der Waals surface area contributed by atoms with Crippen LogP contribution in [0.25, 0.3) is 11.4 Å². The molecule has 0 atom stereocenters. The molecule has 0 aromatic carbocycles. The fourth-order valence-corrected chi connectivity index (χ4v) is 2.60. The lowest BCUT2D eigenvalue weighted by atomic mass is 10.1. The van der Waals surface area contributed by atoms with Gasteiger partial charge in [0.1, 0.15) is 5.82 Å². The molecular formula is C16H21BrN4. The first-order valence-corrected chi connectivity index (χ1v) is 8.03. The number of aryl methyl sites for hydroxylation is 1. The maximum atomic E-state index is 4.75. The van der Waals surface area contributed by atoms with Gasteiger partial charge in [-0.2, -0.15) is 0 Å². The molecule has 2 aromatic rings. The molecule has 0 bridgehead atoms. The van der Waals surface area contributed by atoms with Gasteiger partial charge in [0.05, 0.1) is 10.2 Å². The molecule has 0 fully saturated rings. The van der Waals surface area contributed by atoms with Crippen LogP contribution in [0.1, 0.15) is 32.0 Å². The zero-order valence-electron chi connectivity index (χ0n) is 12.9. The summed E-state index contributed by atoms with van der Waals surface area (Å²) in [5, 5.41) is 3.30. The Morgan fingerprint density at radius 2 is 2.05 bits per heavy atom. The number of aromatic nitrogens is 3. The van der Waals surface area contributed by atoms with Gasteiger partial charge in [0.15, 0.2) is 5.82 Å². The van der Waals surface area contributed by atoms with E-state index >= 15 is 0 Å².